The van der Waals surface area contributed by atoms with Crippen molar-refractivity contribution in [2.24, 2.45) is 0 Å². The zero-order valence-electron chi connectivity index (χ0n) is 12.4. The maximum atomic E-state index is 9.99. The minimum absolute atomic E-state index is 0.107. The molecule has 2 N–H and O–H groups in total. The number of hydrogen-bond donors (Lipinski definition) is 2. The molecule has 1 heterocycles. The van der Waals surface area contributed by atoms with Gasteiger partial charge < -0.3 is 19.7 Å². The molecule has 1 aliphatic rings. The Labute approximate surface area is 143 Å². The summed E-state index contributed by atoms with van der Waals surface area (Å²) in [6, 6.07) is 14.6. The molecule has 0 aliphatic carbocycles. The first kappa shape index (κ1) is 16.5. The normalized spacial score (nSPS) is 21.7. The summed E-state index contributed by atoms with van der Waals surface area (Å²) in [5, 5.41) is 20.2. The number of hydrogen-bond acceptors (Lipinski definition) is 6. The van der Waals surface area contributed by atoms with Crippen LogP contribution in [0.1, 0.15) is 0 Å². The lowest BCUT2D eigenvalue weighted by atomic mass is 10.3. The van der Waals surface area contributed by atoms with Gasteiger partial charge in [0.25, 0.3) is 0 Å². The van der Waals surface area contributed by atoms with Crippen molar-refractivity contribution in [1.82, 2.24) is 0 Å². The van der Waals surface area contributed by atoms with E-state index in [0.717, 1.165) is 9.79 Å². The Balaban J connectivity index is 1.78. The fourth-order valence-corrected chi connectivity index (χ4v) is 4.73. The average molecular weight is 350 g/mol. The van der Waals surface area contributed by atoms with Crippen molar-refractivity contribution < 1.29 is 19.7 Å². The summed E-state index contributed by atoms with van der Waals surface area (Å²) in [5.41, 5.74) is 0. The van der Waals surface area contributed by atoms with Gasteiger partial charge in [0.15, 0.2) is 0 Å². The van der Waals surface area contributed by atoms with Gasteiger partial charge in [0.1, 0.15) is 18.3 Å². The molecule has 0 bridgehead atoms. The highest BCUT2D eigenvalue weighted by atomic mass is 32.2. The monoisotopic (exact) mass is 350 g/mol. The predicted molar refractivity (Wildman–Crippen MR) is 92.3 cm³/mol. The van der Waals surface area contributed by atoms with E-state index in [2.05, 4.69) is 0 Å². The number of para-hydroxylation sites is 2. The summed E-state index contributed by atoms with van der Waals surface area (Å²) >= 11 is 3.16. The summed E-state index contributed by atoms with van der Waals surface area (Å²) in [6.45, 7) is 1.34. The predicted octanol–water partition coefficient (Wildman–Crippen LogP) is 3.72. The standard InChI is InChI=1S/C17H18O4S2/c18-12-5-1-3-7-14(12)22-16-9-20-11-21-10-17(16)23-15-8-4-2-6-13(15)19/h1-8,16-19H,9-11H2. The maximum absolute atomic E-state index is 9.99. The fourth-order valence-electron chi connectivity index (χ4n) is 2.26. The SMILES string of the molecule is Oc1ccccc1SC1COCOCC1Sc1ccccc1O. The van der Waals surface area contributed by atoms with E-state index < -0.39 is 0 Å². The molecular weight excluding hydrogens is 332 g/mol. The Morgan fingerprint density at radius 1 is 0.739 bits per heavy atom. The van der Waals surface area contributed by atoms with Crippen LogP contribution >= 0.6 is 23.5 Å². The maximum Gasteiger partial charge on any atom is 0.146 e. The van der Waals surface area contributed by atoms with Gasteiger partial charge in [-0.3, -0.25) is 0 Å². The topological polar surface area (TPSA) is 58.9 Å². The molecule has 2 atom stereocenters. The van der Waals surface area contributed by atoms with Crippen LogP contribution in [0.4, 0.5) is 0 Å². The van der Waals surface area contributed by atoms with Gasteiger partial charge in [0, 0.05) is 20.3 Å². The van der Waals surface area contributed by atoms with Crippen LogP contribution in [0.15, 0.2) is 58.3 Å². The van der Waals surface area contributed by atoms with Gasteiger partial charge >= 0.3 is 0 Å². The lowest BCUT2D eigenvalue weighted by molar-refractivity contribution is -0.0310. The summed E-state index contributed by atoms with van der Waals surface area (Å²) in [7, 11) is 0. The van der Waals surface area contributed by atoms with Crippen LogP contribution in [-0.2, 0) is 9.47 Å². The van der Waals surface area contributed by atoms with Gasteiger partial charge in [-0.1, -0.05) is 24.3 Å². The zero-order chi connectivity index (χ0) is 16.1. The van der Waals surface area contributed by atoms with Gasteiger partial charge in [0.05, 0.1) is 13.2 Å². The number of aromatic hydroxyl groups is 2. The van der Waals surface area contributed by atoms with Crippen molar-refractivity contribution in [3.05, 3.63) is 48.5 Å². The van der Waals surface area contributed by atoms with Crippen LogP contribution in [0.2, 0.25) is 0 Å². The molecule has 0 amide bonds. The van der Waals surface area contributed by atoms with E-state index in [1.54, 1.807) is 47.8 Å². The van der Waals surface area contributed by atoms with Crippen LogP contribution < -0.4 is 0 Å². The van der Waals surface area contributed by atoms with E-state index in [0.29, 0.717) is 13.2 Å². The van der Waals surface area contributed by atoms with Crippen LogP contribution in [0, 0.1) is 0 Å². The lowest BCUT2D eigenvalue weighted by Crippen LogP contribution is -2.26. The van der Waals surface area contributed by atoms with Crippen molar-refractivity contribution >= 4 is 23.5 Å². The summed E-state index contributed by atoms with van der Waals surface area (Å²) < 4.78 is 11.0. The van der Waals surface area contributed by atoms with Crippen molar-refractivity contribution in [2.45, 2.75) is 20.3 Å². The van der Waals surface area contributed by atoms with Gasteiger partial charge in [-0.15, -0.1) is 23.5 Å². The molecule has 2 aromatic carbocycles. The minimum atomic E-state index is 0.107. The number of benzene rings is 2. The quantitative estimate of drug-likeness (QED) is 0.876. The molecule has 1 fully saturated rings. The van der Waals surface area contributed by atoms with Crippen LogP contribution in [-0.4, -0.2) is 40.7 Å². The number of phenolic OH excluding ortho intramolecular Hbond substituents is 2. The molecule has 4 nitrogen and oxygen atoms in total. The molecule has 0 spiro atoms. The van der Waals surface area contributed by atoms with Gasteiger partial charge in [-0.2, -0.15) is 0 Å². The second kappa shape index (κ2) is 7.97. The lowest BCUT2D eigenvalue weighted by Gasteiger charge is -2.23. The second-order valence-corrected chi connectivity index (χ2v) is 7.67. The molecule has 2 unspecified atom stereocenters. The van der Waals surface area contributed by atoms with E-state index in [9.17, 15) is 10.2 Å². The molecule has 0 saturated carbocycles. The Morgan fingerprint density at radius 2 is 1.17 bits per heavy atom. The zero-order valence-corrected chi connectivity index (χ0v) is 14.1. The van der Waals surface area contributed by atoms with Gasteiger partial charge in [-0.05, 0) is 24.3 Å². The number of rotatable bonds is 4. The number of ether oxygens (including phenoxy) is 2. The van der Waals surface area contributed by atoms with Crippen molar-refractivity contribution in [1.29, 1.82) is 0 Å². The average Bonchev–Trinajstić information content (AvgIpc) is 2.77. The van der Waals surface area contributed by atoms with E-state index in [4.69, 9.17) is 9.47 Å². The molecule has 0 aromatic heterocycles. The highest BCUT2D eigenvalue weighted by molar-refractivity contribution is 8.04. The third-order valence-electron chi connectivity index (χ3n) is 3.43. The van der Waals surface area contributed by atoms with Crippen LogP contribution in [0.25, 0.3) is 0 Å². The second-order valence-electron chi connectivity index (χ2n) is 5.11. The van der Waals surface area contributed by atoms with Crippen molar-refractivity contribution in [2.75, 3.05) is 20.0 Å². The van der Waals surface area contributed by atoms with Gasteiger partial charge in [0.2, 0.25) is 0 Å². The van der Waals surface area contributed by atoms with Crippen LogP contribution in [0.3, 0.4) is 0 Å². The fraction of sp³-hybridized carbons (Fsp3) is 0.294. The Bertz CT molecular complexity index is 594. The molecule has 3 rings (SSSR count). The Kier molecular flexibility index (Phi) is 5.72. The summed E-state index contributed by atoms with van der Waals surface area (Å²) in [5.74, 6) is 0.544. The van der Waals surface area contributed by atoms with E-state index in [1.807, 2.05) is 24.3 Å². The smallest absolute Gasteiger partial charge is 0.146 e. The third-order valence-corrected chi connectivity index (χ3v) is 6.34. The van der Waals surface area contributed by atoms with E-state index >= 15 is 0 Å². The van der Waals surface area contributed by atoms with Crippen molar-refractivity contribution in [3.8, 4) is 11.5 Å². The Hall–Kier alpha value is -1.34. The molecular formula is C17H18O4S2. The Morgan fingerprint density at radius 3 is 1.61 bits per heavy atom. The number of thioether (sulfide) groups is 2. The highest BCUT2D eigenvalue weighted by Gasteiger charge is 2.28. The van der Waals surface area contributed by atoms with E-state index in [-0.39, 0.29) is 28.8 Å². The first-order valence-corrected chi connectivity index (χ1v) is 9.05. The summed E-state index contributed by atoms with van der Waals surface area (Å²) in [4.78, 5) is 1.65. The largest absolute Gasteiger partial charge is 0.507 e. The highest BCUT2D eigenvalue weighted by Crippen LogP contribution is 2.40. The molecule has 1 aliphatic heterocycles. The van der Waals surface area contributed by atoms with Gasteiger partial charge in [-0.25, -0.2) is 0 Å². The minimum Gasteiger partial charge on any atom is -0.507 e. The molecule has 1 saturated heterocycles. The van der Waals surface area contributed by atoms with Crippen molar-refractivity contribution in [3.63, 3.8) is 0 Å². The number of phenols is 2. The molecule has 23 heavy (non-hydrogen) atoms. The van der Waals surface area contributed by atoms with Crippen LogP contribution in [0.5, 0.6) is 11.5 Å². The summed E-state index contributed by atoms with van der Waals surface area (Å²) in [6.07, 6.45) is 0. The first-order valence-electron chi connectivity index (χ1n) is 7.29. The third kappa shape index (κ3) is 4.35. The molecule has 0 radical (unpaired) electrons. The molecule has 122 valence electrons. The molecule has 2 aromatic rings. The molecule has 6 heteroatoms. The first-order chi connectivity index (χ1) is 11.2. The van der Waals surface area contributed by atoms with E-state index in [1.165, 1.54) is 0 Å².